The fourth-order valence-corrected chi connectivity index (χ4v) is 13.8. The van der Waals surface area contributed by atoms with Gasteiger partial charge in [0.2, 0.25) is 29.5 Å². The number of ether oxygens (including phenoxy) is 3. The lowest BCUT2D eigenvalue weighted by atomic mass is 10.0. The number of nitrogens with one attached hydrogen (secondary N) is 6. The molecule has 0 radical (unpaired) electrons. The molecule has 33 nitrogen and oxygen atoms in total. The van der Waals surface area contributed by atoms with Crippen molar-refractivity contribution in [2.45, 2.75) is 127 Å². The number of anilines is 2. The molecule has 3 fully saturated rings. The van der Waals surface area contributed by atoms with E-state index in [0.717, 1.165) is 11.2 Å². The SMILES string of the molecule is CC(C)[C@H](NC(=O)CCCCCN1C(=O)C=CC1=O)C(=O)N[C@@H](CCCNC(N)=O)C(=O)Nc1ccc(COC(=O)N(C)Cc2ccccc2C(=O)Nc2nc3c(ncn3[C@@H]3O[C@@H]4COP(O)(=S)O[C@H]5C[C@H](Oc6ccncn6)C[C@@H]5COP(=O)(S)O[C@@H]3[C@@H]4O)c(=O)[nH]2)cc1. The van der Waals surface area contributed by atoms with Gasteiger partial charge in [0.1, 0.15) is 49.4 Å². The normalized spacial score (nSPS) is 24.1. The number of fused-ring (bicyclic) bond motifs is 4. The second-order valence-electron chi connectivity index (χ2n) is 23.0. The fraction of sp³-hybridized carbons (Fsp3) is 0.466. The van der Waals surface area contributed by atoms with Crippen molar-refractivity contribution in [3.05, 3.63) is 113 Å². The van der Waals surface area contributed by atoms with Crippen LogP contribution in [0.2, 0.25) is 0 Å². The summed E-state index contributed by atoms with van der Waals surface area (Å²) in [5.41, 5.74) is 5.27. The van der Waals surface area contributed by atoms with E-state index in [1.807, 2.05) is 0 Å². The van der Waals surface area contributed by atoms with E-state index < -0.39 is 116 Å². The zero-order valence-electron chi connectivity index (χ0n) is 51.5. The average Bonchev–Trinajstić information content (AvgIpc) is 1.62. The minimum atomic E-state index is -4.39. The number of aliphatic hydroxyl groups is 1. The lowest BCUT2D eigenvalue weighted by Gasteiger charge is -2.27. The van der Waals surface area contributed by atoms with Crippen molar-refractivity contribution in [2.75, 3.05) is 44.0 Å². The van der Waals surface area contributed by atoms with Crippen LogP contribution in [0.5, 0.6) is 5.88 Å². The van der Waals surface area contributed by atoms with E-state index in [9.17, 15) is 57.7 Å². The summed E-state index contributed by atoms with van der Waals surface area (Å²) in [7, 11) is 1.45. The van der Waals surface area contributed by atoms with E-state index in [-0.39, 0.29) is 105 Å². The first-order valence-corrected chi connectivity index (χ1v) is 35.5. The molecule has 6 heterocycles. The molecule has 9 amide bonds. The van der Waals surface area contributed by atoms with Gasteiger partial charge in [0.25, 0.3) is 23.3 Å². The van der Waals surface area contributed by atoms with Crippen LogP contribution in [0.25, 0.3) is 11.2 Å². The van der Waals surface area contributed by atoms with Crippen LogP contribution in [0.4, 0.5) is 21.2 Å². The number of hydrogen-bond donors (Lipinski definition) is 10. The third-order valence-corrected chi connectivity index (χ3v) is 18.9. The summed E-state index contributed by atoms with van der Waals surface area (Å²) >= 11 is 9.61. The Morgan fingerprint density at radius 3 is 2.40 bits per heavy atom. The zero-order chi connectivity index (χ0) is 68.1. The van der Waals surface area contributed by atoms with Crippen LogP contribution in [-0.2, 0) is 81.1 Å². The number of aromatic amines is 1. The van der Waals surface area contributed by atoms with E-state index in [1.54, 1.807) is 62.4 Å². The lowest BCUT2D eigenvalue weighted by Crippen LogP contribution is -2.54. The number of H-pyrrole nitrogens is 1. The number of aliphatic hydroxyl groups excluding tert-OH is 1. The standard InChI is InChI=1S/C58H72N14O19P2S2/c1-32(2)46(66-42(73)13-5-4-8-23-71-44(74)18-19-45(71)75)53(79)65-39(12-9-21-61-56(59)81)52(78)64-36-16-14-33(15-17-36)27-85-58(82)70(3)26-34-10-6-7-11-38(34)51(77)68-57-67-50-47(54(80)69-57)63-31-72(50)55-49-48(76)41(89-55)29-87-92(83,94)90-40-25-37(88-43-20-22-60-30-62-43)24-35(40)28-86-93(84,95)91-49/h6-7,10-11,14-20,22,30-32,35,37,39-41,46,48-49,55,76H,4-5,8-9,12-13,21,23-29H2,1-3H3,(H,64,78)(H,65,79)(H,66,73)(H,83,94)(H,84,95)(H3,59,61,81)(H2,67,68,69,77,80)/t35-,37-,39+,40+,41-,46+,48-,49-,55-,92?,93?/m1/s1. The molecule has 0 spiro atoms. The molecule has 4 aliphatic rings. The number of primary amides is 1. The Hall–Kier alpha value is -8.08. The second kappa shape index (κ2) is 32.1. The summed E-state index contributed by atoms with van der Waals surface area (Å²) in [6.07, 6.45) is 0.702. The number of urea groups is 1. The van der Waals surface area contributed by atoms with Gasteiger partial charge in [0, 0.05) is 81.1 Å². The van der Waals surface area contributed by atoms with Crippen molar-refractivity contribution in [1.82, 2.24) is 55.2 Å². The molecule has 2 aromatic carbocycles. The Labute approximate surface area is 553 Å². The number of nitrogens with zero attached hydrogens (tertiary/aromatic N) is 7. The number of carbonyl (C=O) groups is 8. The molecule has 1 aliphatic carbocycles. The number of imide groups is 1. The number of imidazole rings is 1. The van der Waals surface area contributed by atoms with Gasteiger partial charge in [-0.3, -0.25) is 57.9 Å². The smallest absolute Gasteiger partial charge is 0.410 e. The van der Waals surface area contributed by atoms with Crippen LogP contribution in [-0.4, -0.2) is 173 Å². The molecule has 3 aliphatic heterocycles. The minimum absolute atomic E-state index is 0.0729. The molecule has 11 atom stereocenters. The van der Waals surface area contributed by atoms with Crippen LogP contribution in [0.15, 0.2) is 90.4 Å². The third-order valence-electron chi connectivity index (χ3n) is 15.7. The van der Waals surface area contributed by atoms with Crippen LogP contribution in [0, 0.1) is 11.8 Å². The van der Waals surface area contributed by atoms with Gasteiger partial charge < -0.3 is 69.7 Å². The number of carbonyl (C=O) groups excluding carboxylic acids is 8. The Morgan fingerprint density at radius 1 is 0.916 bits per heavy atom. The first-order valence-electron chi connectivity index (χ1n) is 30.2. The maximum atomic E-state index is 14.0. The monoisotopic (exact) mass is 1390 g/mol. The molecule has 37 heteroatoms. The van der Waals surface area contributed by atoms with E-state index in [0.29, 0.717) is 42.0 Å². The number of nitrogens with two attached hydrogens (primary N) is 1. The van der Waals surface area contributed by atoms with Gasteiger partial charge in [-0.2, -0.15) is 4.98 Å². The topological polar surface area (TPSA) is 441 Å². The fourth-order valence-electron chi connectivity index (χ4n) is 10.8. The van der Waals surface area contributed by atoms with E-state index in [4.69, 9.17) is 49.8 Å². The third kappa shape index (κ3) is 19.3. The molecule has 510 valence electrons. The molecular weight excluding hydrogens is 1320 g/mol. The predicted molar refractivity (Wildman–Crippen MR) is 343 cm³/mol. The number of benzene rings is 2. The highest BCUT2D eigenvalue weighted by Gasteiger charge is 2.51. The summed E-state index contributed by atoms with van der Waals surface area (Å²) in [4.78, 5) is 149. The molecule has 5 aromatic rings. The lowest BCUT2D eigenvalue weighted by molar-refractivity contribution is -0.137. The van der Waals surface area contributed by atoms with Gasteiger partial charge in [-0.1, -0.05) is 62.8 Å². The molecular formula is C58H72N14O19P2S2. The Bertz CT molecular complexity index is 3810. The van der Waals surface area contributed by atoms with Gasteiger partial charge in [0.15, 0.2) is 17.4 Å². The number of hydrogen-bond acceptors (Lipinski definition) is 23. The average molecular weight is 1400 g/mol. The first kappa shape index (κ1) is 71.2. The van der Waals surface area contributed by atoms with Gasteiger partial charge in [-0.25, -0.2) is 29.1 Å². The molecule has 3 aromatic heterocycles. The van der Waals surface area contributed by atoms with Gasteiger partial charge in [-0.05, 0) is 79.2 Å². The van der Waals surface area contributed by atoms with E-state index in [2.05, 4.69) is 63.8 Å². The number of amides is 9. The molecule has 1 saturated carbocycles. The van der Waals surface area contributed by atoms with Crippen molar-refractivity contribution in [2.24, 2.45) is 17.6 Å². The van der Waals surface area contributed by atoms with Crippen molar-refractivity contribution >= 4 is 108 Å². The summed E-state index contributed by atoms with van der Waals surface area (Å²) in [5, 5.41) is 24.9. The number of aromatic nitrogens is 6. The number of unbranched alkanes of at least 4 members (excludes halogenated alkanes) is 2. The maximum Gasteiger partial charge on any atom is 0.410 e. The number of rotatable bonds is 25. The number of thiol groups is 1. The van der Waals surface area contributed by atoms with E-state index >= 15 is 0 Å². The first-order chi connectivity index (χ1) is 45.3. The van der Waals surface area contributed by atoms with Crippen LogP contribution < -0.4 is 42.6 Å². The molecule has 9 rings (SSSR count). The highest BCUT2D eigenvalue weighted by atomic mass is 32.7. The van der Waals surface area contributed by atoms with Crippen molar-refractivity contribution in [3.8, 4) is 5.88 Å². The predicted octanol–water partition coefficient (Wildman–Crippen LogP) is 3.62. The highest BCUT2D eigenvalue weighted by molar-refractivity contribution is 8.44. The summed E-state index contributed by atoms with van der Waals surface area (Å²) in [6, 6.07) is 11.3. The molecule has 95 heavy (non-hydrogen) atoms. The van der Waals surface area contributed by atoms with E-state index in [1.165, 1.54) is 47.3 Å². The van der Waals surface area contributed by atoms with Crippen molar-refractivity contribution in [3.63, 3.8) is 0 Å². The van der Waals surface area contributed by atoms with Crippen LogP contribution in [0.3, 0.4) is 0 Å². The van der Waals surface area contributed by atoms with Crippen LogP contribution >= 0.6 is 25.8 Å². The quantitative estimate of drug-likeness (QED) is 0.0173. The Balaban J connectivity index is 0.785. The van der Waals surface area contributed by atoms with Crippen molar-refractivity contribution < 1.29 is 85.2 Å². The molecule has 2 unspecified atom stereocenters. The largest absolute Gasteiger partial charge is 0.474 e. The van der Waals surface area contributed by atoms with Gasteiger partial charge in [-0.15, -0.1) is 0 Å². The highest BCUT2D eigenvalue weighted by Crippen LogP contribution is 2.59. The molecule has 10 N–H and O–H groups in total. The summed E-state index contributed by atoms with van der Waals surface area (Å²) < 4.78 is 56.3. The van der Waals surface area contributed by atoms with Crippen molar-refractivity contribution in [1.29, 1.82) is 0 Å². The molecule has 2 saturated heterocycles. The van der Waals surface area contributed by atoms with Crippen LogP contribution in [0.1, 0.15) is 92.9 Å². The summed E-state index contributed by atoms with van der Waals surface area (Å²) in [6.45, 7) is -5.82. The zero-order valence-corrected chi connectivity index (χ0v) is 55.0. The maximum absolute atomic E-state index is 14.0. The Morgan fingerprint density at radius 2 is 1.67 bits per heavy atom. The molecule has 2 bridgehead atoms. The Kier molecular flexibility index (Phi) is 24.1. The van der Waals surface area contributed by atoms with Gasteiger partial charge in [0.05, 0.1) is 25.6 Å². The van der Waals surface area contributed by atoms with Gasteiger partial charge >= 0.3 is 25.6 Å². The second-order valence-corrected chi connectivity index (χ2v) is 28.7. The summed E-state index contributed by atoms with van der Waals surface area (Å²) in [5.74, 6) is -4.15. The minimum Gasteiger partial charge on any atom is -0.474 e.